The molecular formula is C15H12ClN2O+. The molecule has 0 heterocycles. The Labute approximate surface area is 116 Å². The molecule has 0 aliphatic rings. The molecule has 4 heteroatoms. The first-order valence-electron chi connectivity index (χ1n) is 5.78. The Morgan fingerprint density at radius 3 is 2.68 bits per heavy atom. The molecule has 0 aliphatic heterocycles. The Morgan fingerprint density at radius 2 is 1.95 bits per heavy atom. The van der Waals surface area contributed by atoms with Crippen molar-refractivity contribution in [1.82, 2.24) is 0 Å². The van der Waals surface area contributed by atoms with E-state index in [1.165, 1.54) is 6.07 Å². The lowest BCUT2D eigenvalue weighted by Crippen LogP contribution is -1.93. The number of hydrogen-bond acceptors (Lipinski definition) is 2. The predicted molar refractivity (Wildman–Crippen MR) is 77.2 cm³/mol. The first-order chi connectivity index (χ1) is 9.29. The molecule has 0 bridgehead atoms. The minimum Gasteiger partial charge on any atom is -0.482 e. The van der Waals surface area contributed by atoms with E-state index in [0.29, 0.717) is 23.1 Å². The van der Waals surface area contributed by atoms with Gasteiger partial charge in [-0.05, 0) is 23.8 Å². The number of nitrogens with zero attached hydrogens (tertiary/aromatic N) is 2. The third kappa shape index (κ3) is 3.84. The third-order valence-electron chi connectivity index (χ3n) is 2.47. The molecule has 0 saturated heterocycles. The summed E-state index contributed by atoms with van der Waals surface area (Å²) in [5.41, 5.74) is 1.43. The molecule has 2 aromatic carbocycles. The Balaban J connectivity index is 1.97. The van der Waals surface area contributed by atoms with E-state index in [1.54, 1.807) is 12.1 Å². The summed E-state index contributed by atoms with van der Waals surface area (Å²) in [6, 6.07) is 14.8. The van der Waals surface area contributed by atoms with Crippen molar-refractivity contribution in [2.75, 3.05) is 6.61 Å². The zero-order valence-corrected chi connectivity index (χ0v) is 10.9. The van der Waals surface area contributed by atoms with Gasteiger partial charge in [0.1, 0.15) is 6.61 Å². The molecule has 0 aliphatic carbocycles. The highest BCUT2D eigenvalue weighted by Crippen LogP contribution is 2.30. The van der Waals surface area contributed by atoms with Gasteiger partial charge in [-0.1, -0.05) is 48.0 Å². The molecule has 0 radical (unpaired) electrons. The van der Waals surface area contributed by atoms with Gasteiger partial charge >= 0.3 is 5.69 Å². The van der Waals surface area contributed by atoms with E-state index in [0.717, 1.165) is 5.56 Å². The monoisotopic (exact) mass is 271 g/mol. The van der Waals surface area contributed by atoms with Crippen molar-refractivity contribution in [2.45, 2.75) is 0 Å². The SMILES string of the molecule is N#[N+]c1cc(Cl)ccc1OC/C=C/c1ccccc1. The fourth-order valence-corrected chi connectivity index (χ4v) is 1.74. The van der Waals surface area contributed by atoms with Gasteiger partial charge in [-0.2, -0.15) is 0 Å². The summed E-state index contributed by atoms with van der Waals surface area (Å²) in [4.78, 5) is 3.13. The van der Waals surface area contributed by atoms with Crippen LogP contribution in [0.15, 0.2) is 54.6 Å². The van der Waals surface area contributed by atoms with E-state index < -0.39 is 0 Å². The standard InChI is InChI=1S/C15H12ClN2O/c16-13-8-9-15(14(11-13)18-17)19-10-4-7-12-5-2-1-3-6-12/h1-9,11H,10H2/q+1/b7-4+. The summed E-state index contributed by atoms with van der Waals surface area (Å²) in [5.74, 6) is 0.490. The molecular weight excluding hydrogens is 260 g/mol. The maximum absolute atomic E-state index is 8.85. The first-order valence-corrected chi connectivity index (χ1v) is 6.16. The maximum atomic E-state index is 8.85. The van der Waals surface area contributed by atoms with E-state index in [2.05, 4.69) is 4.98 Å². The predicted octanol–water partition coefficient (Wildman–Crippen LogP) is 4.92. The molecule has 2 aromatic rings. The Kier molecular flexibility index (Phi) is 4.54. The summed E-state index contributed by atoms with van der Waals surface area (Å²) >= 11 is 5.80. The van der Waals surface area contributed by atoms with Crippen molar-refractivity contribution in [3.8, 4) is 5.75 Å². The average Bonchev–Trinajstić information content (AvgIpc) is 2.46. The number of ether oxygens (including phenoxy) is 1. The van der Waals surface area contributed by atoms with Crippen molar-refractivity contribution in [3.63, 3.8) is 0 Å². The Morgan fingerprint density at radius 1 is 1.16 bits per heavy atom. The van der Waals surface area contributed by atoms with Crippen LogP contribution < -0.4 is 4.74 Å². The van der Waals surface area contributed by atoms with Gasteiger partial charge in [0.15, 0.2) is 4.98 Å². The molecule has 0 saturated carbocycles. The van der Waals surface area contributed by atoms with Crippen LogP contribution in [0.5, 0.6) is 5.75 Å². The fourth-order valence-electron chi connectivity index (χ4n) is 1.58. The van der Waals surface area contributed by atoms with E-state index in [9.17, 15) is 0 Å². The lowest BCUT2D eigenvalue weighted by Gasteiger charge is -2.00. The van der Waals surface area contributed by atoms with Crippen molar-refractivity contribution < 1.29 is 4.74 Å². The lowest BCUT2D eigenvalue weighted by atomic mass is 10.2. The topological polar surface area (TPSA) is 37.4 Å². The maximum Gasteiger partial charge on any atom is 0.427 e. The quantitative estimate of drug-likeness (QED) is 0.741. The molecule has 0 spiro atoms. The molecule has 0 fully saturated rings. The molecule has 0 atom stereocenters. The van der Waals surface area contributed by atoms with E-state index in [-0.39, 0.29) is 0 Å². The number of diazo groups is 1. The van der Waals surface area contributed by atoms with Crippen molar-refractivity contribution >= 4 is 23.4 Å². The van der Waals surface area contributed by atoms with Gasteiger partial charge in [0.25, 0.3) is 0 Å². The van der Waals surface area contributed by atoms with Crippen LogP contribution in [0.3, 0.4) is 0 Å². The van der Waals surface area contributed by atoms with Gasteiger partial charge in [0, 0.05) is 5.02 Å². The van der Waals surface area contributed by atoms with Crippen LogP contribution in [0, 0.1) is 5.39 Å². The molecule has 94 valence electrons. The summed E-state index contributed by atoms with van der Waals surface area (Å²) in [6.45, 7) is 0.388. The first kappa shape index (κ1) is 13.1. The average molecular weight is 272 g/mol. The van der Waals surface area contributed by atoms with Gasteiger partial charge in [0.2, 0.25) is 11.1 Å². The summed E-state index contributed by atoms with van der Waals surface area (Å²) in [5, 5.41) is 9.35. The second-order valence-electron chi connectivity index (χ2n) is 3.84. The zero-order valence-electron chi connectivity index (χ0n) is 10.2. The molecule has 0 aromatic heterocycles. The van der Waals surface area contributed by atoms with Crippen molar-refractivity contribution in [1.29, 1.82) is 5.39 Å². The van der Waals surface area contributed by atoms with E-state index >= 15 is 0 Å². The highest BCUT2D eigenvalue weighted by atomic mass is 35.5. The van der Waals surface area contributed by atoms with Crippen LogP contribution in [-0.2, 0) is 0 Å². The molecule has 19 heavy (non-hydrogen) atoms. The van der Waals surface area contributed by atoms with Crippen LogP contribution in [0.2, 0.25) is 5.02 Å². The Bertz CT molecular complexity index is 618. The van der Waals surface area contributed by atoms with Crippen molar-refractivity contribution in [2.24, 2.45) is 0 Å². The van der Waals surface area contributed by atoms with E-state index in [1.807, 2.05) is 42.5 Å². The third-order valence-corrected chi connectivity index (χ3v) is 2.71. The van der Waals surface area contributed by atoms with Crippen LogP contribution >= 0.6 is 11.6 Å². The second-order valence-corrected chi connectivity index (χ2v) is 4.27. The molecule has 3 nitrogen and oxygen atoms in total. The summed E-state index contributed by atoms with van der Waals surface area (Å²) < 4.78 is 5.51. The van der Waals surface area contributed by atoms with Gasteiger partial charge in [-0.25, -0.2) is 0 Å². The van der Waals surface area contributed by atoms with E-state index in [4.69, 9.17) is 21.7 Å². The second kappa shape index (κ2) is 6.58. The van der Waals surface area contributed by atoms with Gasteiger partial charge in [-0.15, -0.1) is 0 Å². The van der Waals surface area contributed by atoms with Crippen LogP contribution in [-0.4, -0.2) is 6.61 Å². The van der Waals surface area contributed by atoms with Gasteiger partial charge in [-0.3, -0.25) is 0 Å². The smallest absolute Gasteiger partial charge is 0.427 e. The minimum absolute atomic E-state index is 0.320. The normalized spacial score (nSPS) is 10.3. The number of rotatable bonds is 4. The summed E-state index contributed by atoms with van der Waals surface area (Å²) in [7, 11) is 0. The molecule has 0 unspecified atom stereocenters. The minimum atomic E-state index is 0.320. The fraction of sp³-hybridized carbons (Fsp3) is 0.0667. The van der Waals surface area contributed by atoms with Gasteiger partial charge < -0.3 is 4.74 Å². The van der Waals surface area contributed by atoms with Crippen LogP contribution in [0.25, 0.3) is 11.1 Å². The molecule has 0 amide bonds. The van der Waals surface area contributed by atoms with Crippen molar-refractivity contribution in [3.05, 3.63) is 70.2 Å². The number of hydrogen-bond donors (Lipinski definition) is 0. The van der Waals surface area contributed by atoms with Gasteiger partial charge in [0.05, 0.1) is 6.07 Å². The largest absolute Gasteiger partial charge is 0.482 e. The highest BCUT2D eigenvalue weighted by Gasteiger charge is 2.14. The molecule has 0 N–H and O–H groups in total. The summed E-state index contributed by atoms with van der Waals surface area (Å²) in [6.07, 6.45) is 3.86. The van der Waals surface area contributed by atoms with Crippen LogP contribution in [0.4, 0.5) is 5.69 Å². The molecule has 2 rings (SSSR count). The lowest BCUT2D eigenvalue weighted by molar-refractivity contribution is 0.366. The number of benzene rings is 2. The Hall–Kier alpha value is -2.31. The zero-order chi connectivity index (χ0) is 13.5. The highest BCUT2D eigenvalue weighted by molar-refractivity contribution is 6.30. The number of halogens is 1. The van der Waals surface area contributed by atoms with Crippen LogP contribution in [0.1, 0.15) is 5.56 Å².